The molecule has 0 bridgehead atoms. The Morgan fingerprint density at radius 1 is 1.41 bits per heavy atom. The Balaban J connectivity index is 2.03. The highest BCUT2D eigenvalue weighted by Gasteiger charge is 2.31. The highest BCUT2D eigenvalue weighted by atomic mass is 79.9. The highest BCUT2D eigenvalue weighted by molar-refractivity contribution is 9.10. The molecule has 0 spiro atoms. The summed E-state index contributed by atoms with van der Waals surface area (Å²) in [4.78, 5) is 17.9. The number of rotatable bonds is 1. The van der Waals surface area contributed by atoms with E-state index in [1.165, 1.54) is 0 Å². The van der Waals surface area contributed by atoms with E-state index in [2.05, 4.69) is 41.9 Å². The van der Waals surface area contributed by atoms with Gasteiger partial charge in [-0.3, -0.25) is 9.69 Å². The Morgan fingerprint density at radius 2 is 2.24 bits per heavy atom. The molecule has 1 amide bonds. The molecule has 7 heteroatoms. The van der Waals surface area contributed by atoms with Crippen molar-refractivity contribution in [3.8, 4) is 0 Å². The van der Waals surface area contributed by atoms with Gasteiger partial charge in [0.2, 0.25) is 5.91 Å². The van der Waals surface area contributed by atoms with Crippen molar-refractivity contribution in [2.75, 3.05) is 11.4 Å². The molecule has 3 heterocycles. The number of fused-ring (bicyclic) bond motifs is 1. The van der Waals surface area contributed by atoms with Gasteiger partial charge in [0, 0.05) is 28.5 Å². The van der Waals surface area contributed by atoms with Gasteiger partial charge in [0.05, 0.1) is 0 Å². The molecule has 17 heavy (non-hydrogen) atoms. The predicted octanol–water partition coefficient (Wildman–Crippen LogP) is 1.99. The van der Waals surface area contributed by atoms with Crippen molar-refractivity contribution in [1.29, 1.82) is 0 Å². The standard InChI is InChI=1S/C10H8Br2N4O/c11-6-1-2-8-13-10(14-16(8)5-6)15-4-7(12)3-9(15)17/h1-2,5,7H,3-4H2. The maximum absolute atomic E-state index is 11.7. The van der Waals surface area contributed by atoms with E-state index in [1.54, 1.807) is 9.42 Å². The van der Waals surface area contributed by atoms with Crippen LogP contribution < -0.4 is 4.90 Å². The molecule has 0 aromatic carbocycles. The second-order valence-electron chi connectivity index (χ2n) is 3.87. The van der Waals surface area contributed by atoms with Crippen LogP contribution in [0.5, 0.6) is 0 Å². The molecule has 0 N–H and O–H groups in total. The lowest BCUT2D eigenvalue weighted by molar-refractivity contribution is -0.117. The molecular weight excluding hydrogens is 352 g/mol. The summed E-state index contributed by atoms with van der Waals surface area (Å²) in [6.07, 6.45) is 2.32. The van der Waals surface area contributed by atoms with Crippen LogP contribution in [0.2, 0.25) is 0 Å². The third-order valence-electron chi connectivity index (χ3n) is 2.60. The summed E-state index contributed by atoms with van der Waals surface area (Å²) in [5.74, 6) is 0.525. The summed E-state index contributed by atoms with van der Waals surface area (Å²) in [7, 11) is 0. The van der Waals surface area contributed by atoms with Crippen molar-refractivity contribution in [2.24, 2.45) is 0 Å². The number of carbonyl (C=O) groups is 1. The van der Waals surface area contributed by atoms with Gasteiger partial charge in [0.15, 0.2) is 5.65 Å². The lowest BCUT2D eigenvalue weighted by Gasteiger charge is -2.09. The fourth-order valence-corrected chi connectivity index (χ4v) is 2.71. The first-order valence-electron chi connectivity index (χ1n) is 5.10. The van der Waals surface area contributed by atoms with E-state index in [0.29, 0.717) is 18.9 Å². The summed E-state index contributed by atoms with van der Waals surface area (Å²) in [6, 6.07) is 3.75. The van der Waals surface area contributed by atoms with Crippen LogP contribution in [0, 0.1) is 0 Å². The normalized spacial score (nSPS) is 20.5. The number of carbonyl (C=O) groups excluding carboxylic acids is 1. The number of nitrogens with zero attached hydrogens (tertiary/aromatic N) is 4. The fraction of sp³-hybridized carbons (Fsp3) is 0.300. The number of pyridine rings is 1. The fourth-order valence-electron chi connectivity index (χ4n) is 1.82. The summed E-state index contributed by atoms with van der Waals surface area (Å²) >= 11 is 6.81. The molecule has 1 saturated heterocycles. The highest BCUT2D eigenvalue weighted by Crippen LogP contribution is 2.23. The van der Waals surface area contributed by atoms with Crippen LogP contribution >= 0.6 is 31.9 Å². The summed E-state index contributed by atoms with van der Waals surface area (Å²) in [5.41, 5.74) is 0.731. The quantitative estimate of drug-likeness (QED) is 0.731. The van der Waals surface area contributed by atoms with Crippen molar-refractivity contribution in [2.45, 2.75) is 11.2 Å². The third-order valence-corrected chi connectivity index (χ3v) is 3.69. The van der Waals surface area contributed by atoms with Crippen LogP contribution in [0.1, 0.15) is 6.42 Å². The van der Waals surface area contributed by atoms with Gasteiger partial charge in [-0.05, 0) is 28.1 Å². The van der Waals surface area contributed by atoms with Crippen LogP contribution in [0.4, 0.5) is 5.95 Å². The Bertz CT molecular complexity index is 597. The topological polar surface area (TPSA) is 50.5 Å². The van der Waals surface area contributed by atoms with Gasteiger partial charge >= 0.3 is 0 Å². The number of hydrogen-bond donors (Lipinski definition) is 0. The monoisotopic (exact) mass is 358 g/mol. The Kier molecular flexibility index (Phi) is 2.67. The smallest absolute Gasteiger partial charge is 0.252 e. The van der Waals surface area contributed by atoms with E-state index in [4.69, 9.17) is 0 Å². The number of amides is 1. The lowest BCUT2D eigenvalue weighted by atomic mass is 10.4. The van der Waals surface area contributed by atoms with E-state index in [9.17, 15) is 4.79 Å². The van der Waals surface area contributed by atoms with Gasteiger partial charge in [0.25, 0.3) is 5.95 Å². The molecule has 88 valence electrons. The molecule has 0 radical (unpaired) electrons. The van der Waals surface area contributed by atoms with E-state index in [-0.39, 0.29) is 10.7 Å². The average molecular weight is 360 g/mol. The van der Waals surface area contributed by atoms with Crippen molar-refractivity contribution in [3.05, 3.63) is 22.8 Å². The molecule has 0 saturated carbocycles. The molecule has 5 nitrogen and oxygen atoms in total. The van der Waals surface area contributed by atoms with Gasteiger partial charge in [-0.25, -0.2) is 4.52 Å². The largest absolute Gasteiger partial charge is 0.278 e. The molecule has 0 aliphatic carbocycles. The Hall–Kier alpha value is -0.950. The Morgan fingerprint density at radius 3 is 2.94 bits per heavy atom. The minimum absolute atomic E-state index is 0.0573. The van der Waals surface area contributed by atoms with Crippen LogP contribution in [0.3, 0.4) is 0 Å². The first-order valence-corrected chi connectivity index (χ1v) is 6.81. The number of alkyl halides is 1. The molecule has 1 unspecified atom stereocenters. The van der Waals surface area contributed by atoms with Crippen LogP contribution in [0.15, 0.2) is 22.8 Å². The molecule has 1 atom stereocenters. The molecule has 3 rings (SSSR count). The van der Waals surface area contributed by atoms with E-state index in [1.807, 2.05) is 18.3 Å². The minimum Gasteiger partial charge on any atom is -0.278 e. The molecule has 1 fully saturated rings. The zero-order valence-corrected chi connectivity index (χ0v) is 11.8. The zero-order valence-electron chi connectivity index (χ0n) is 8.68. The number of halogens is 2. The number of aromatic nitrogens is 3. The van der Waals surface area contributed by atoms with Gasteiger partial charge in [-0.15, -0.1) is 5.10 Å². The molecule has 1 aliphatic rings. The van der Waals surface area contributed by atoms with Crippen LogP contribution in [-0.2, 0) is 4.79 Å². The van der Waals surface area contributed by atoms with Crippen molar-refractivity contribution in [3.63, 3.8) is 0 Å². The van der Waals surface area contributed by atoms with Gasteiger partial charge < -0.3 is 0 Å². The molecule has 1 aliphatic heterocycles. The van der Waals surface area contributed by atoms with Crippen LogP contribution in [0.25, 0.3) is 5.65 Å². The number of anilines is 1. The summed E-state index contributed by atoms with van der Waals surface area (Å²) in [6.45, 7) is 0.622. The van der Waals surface area contributed by atoms with E-state index in [0.717, 1.165) is 10.1 Å². The summed E-state index contributed by atoms with van der Waals surface area (Å²) in [5, 5.41) is 4.30. The maximum Gasteiger partial charge on any atom is 0.252 e. The predicted molar refractivity (Wildman–Crippen MR) is 70.4 cm³/mol. The molecule has 2 aromatic heterocycles. The summed E-state index contributed by atoms with van der Waals surface area (Å²) < 4.78 is 2.58. The van der Waals surface area contributed by atoms with Gasteiger partial charge in [-0.1, -0.05) is 15.9 Å². The van der Waals surface area contributed by atoms with Crippen molar-refractivity contribution >= 4 is 49.4 Å². The zero-order chi connectivity index (χ0) is 12.0. The minimum atomic E-state index is 0.0573. The van der Waals surface area contributed by atoms with Crippen LogP contribution in [-0.4, -0.2) is 31.9 Å². The van der Waals surface area contributed by atoms with E-state index >= 15 is 0 Å². The van der Waals surface area contributed by atoms with Crippen molar-refractivity contribution < 1.29 is 4.79 Å². The molecule has 2 aromatic rings. The van der Waals surface area contributed by atoms with Gasteiger partial charge in [0.1, 0.15) is 0 Å². The van der Waals surface area contributed by atoms with Gasteiger partial charge in [-0.2, -0.15) is 4.98 Å². The lowest BCUT2D eigenvalue weighted by Crippen LogP contribution is -2.25. The third kappa shape index (κ3) is 1.97. The van der Waals surface area contributed by atoms with E-state index < -0.39 is 0 Å². The van der Waals surface area contributed by atoms with Crippen molar-refractivity contribution in [1.82, 2.24) is 14.6 Å². The molecular formula is C10H8Br2N4O. The Labute approximate surface area is 114 Å². The maximum atomic E-state index is 11.7. The first kappa shape index (κ1) is 11.2. The SMILES string of the molecule is O=C1CC(Br)CN1c1nc2ccc(Br)cn2n1. The first-order chi connectivity index (χ1) is 8.13. The second-order valence-corrected chi connectivity index (χ2v) is 6.08. The second kappa shape index (κ2) is 4.06. The number of hydrogen-bond acceptors (Lipinski definition) is 3. The average Bonchev–Trinajstić information content (AvgIpc) is 2.80.